The Morgan fingerprint density at radius 1 is 1.30 bits per heavy atom. The molecule has 0 saturated heterocycles. The molecule has 2 aromatic rings. The van der Waals surface area contributed by atoms with E-state index in [2.05, 4.69) is 0 Å². The van der Waals surface area contributed by atoms with Crippen LogP contribution in [-0.2, 0) is 25.3 Å². The summed E-state index contributed by atoms with van der Waals surface area (Å²) in [6.45, 7) is 1.48. The highest BCUT2D eigenvalue weighted by molar-refractivity contribution is 5.85. The number of halogens is 1. The van der Waals surface area contributed by atoms with Crippen LogP contribution in [0.25, 0.3) is 11.0 Å². The van der Waals surface area contributed by atoms with E-state index in [4.69, 9.17) is 10.8 Å². The lowest BCUT2D eigenvalue weighted by atomic mass is 9.94. The van der Waals surface area contributed by atoms with Crippen molar-refractivity contribution in [3.05, 3.63) is 34.2 Å². The molecule has 3 N–H and O–H groups in total. The molecule has 1 atom stereocenters. The first-order valence-corrected chi connectivity index (χ1v) is 5.90. The van der Waals surface area contributed by atoms with Gasteiger partial charge in [0.05, 0.1) is 11.0 Å². The minimum absolute atomic E-state index is 0. The molecule has 0 saturated carbocycles. The number of carboxylic acid groups (broad SMARTS) is 1. The average Bonchev–Trinajstić information content (AvgIpc) is 2.54. The molecule has 1 heterocycles. The SMILES string of the molecule is Cl.Cn1c(=O)n(C)c2cc(CC(C)(N)C(=O)O)ccc21. The maximum absolute atomic E-state index is 11.8. The molecule has 6 nitrogen and oxygen atoms in total. The second-order valence-corrected chi connectivity index (χ2v) is 5.12. The van der Waals surface area contributed by atoms with E-state index >= 15 is 0 Å². The van der Waals surface area contributed by atoms with Crippen LogP contribution < -0.4 is 11.4 Å². The number of hydrogen-bond acceptors (Lipinski definition) is 3. The third kappa shape index (κ3) is 2.57. The van der Waals surface area contributed by atoms with Crippen molar-refractivity contribution in [3.63, 3.8) is 0 Å². The van der Waals surface area contributed by atoms with Gasteiger partial charge in [0, 0.05) is 20.5 Å². The van der Waals surface area contributed by atoms with E-state index < -0.39 is 11.5 Å². The van der Waals surface area contributed by atoms with Gasteiger partial charge in [-0.25, -0.2) is 4.79 Å². The average molecular weight is 300 g/mol. The van der Waals surface area contributed by atoms with Crippen molar-refractivity contribution in [2.75, 3.05) is 0 Å². The Kier molecular flexibility index (Phi) is 4.31. The fourth-order valence-corrected chi connectivity index (χ4v) is 2.16. The fraction of sp³-hybridized carbons (Fsp3) is 0.385. The first kappa shape index (κ1) is 16.3. The standard InChI is InChI=1S/C13H17N3O3.ClH/c1-13(14,11(17)18)7-8-4-5-9-10(6-8)16(3)12(19)15(9)2;/h4-6H,7,14H2,1-3H3,(H,17,18);1H. The molecule has 0 aliphatic heterocycles. The summed E-state index contributed by atoms with van der Waals surface area (Å²) >= 11 is 0. The van der Waals surface area contributed by atoms with E-state index in [1.807, 2.05) is 12.1 Å². The van der Waals surface area contributed by atoms with E-state index in [0.29, 0.717) is 0 Å². The van der Waals surface area contributed by atoms with E-state index in [9.17, 15) is 9.59 Å². The highest BCUT2D eigenvalue weighted by Gasteiger charge is 2.28. The maximum Gasteiger partial charge on any atom is 0.328 e. The highest BCUT2D eigenvalue weighted by Crippen LogP contribution is 2.17. The number of carbonyl (C=O) groups is 1. The van der Waals surface area contributed by atoms with Gasteiger partial charge in [0.1, 0.15) is 5.54 Å². The Hall–Kier alpha value is -1.79. The minimum atomic E-state index is -1.32. The summed E-state index contributed by atoms with van der Waals surface area (Å²) in [6, 6.07) is 5.42. The Morgan fingerprint density at radius 2 is 1.85 bits per heavy atom. The number of aromatic nitrogens is 2. The van der Waals surface area contributed by atoms with Crippen LogP contribution in [0.15, 0.2) is 23.0 Å². The van der Waals surface area contributed by atoms with Gasteiger partial charge in [-0.3, -0.25) is 13.9 Å². The molecule has 0 spiro atoms. The number of rotatable bonds is 3. The predicted octanol–water partition coefficient (Wildman–Crippen LogP) is 0.643. The second kappa shape index (κ2) is 5.30. The second-order valence-electron chi connectivity index (χ2n) is 5.12. The van der Waals surface area contributed by atoms with E-state index in [1.54, 1.807) is 24.7 Å². The zero-order valence-electron chi connectivity index (χ0n) is 11.6. The summed E-state index contributed by atoms with van der Waals surface area (Å²) in [5, 5.41) is 9.03. The third-order valence-corrected chi connectivity index (χ3v) is 3.40. The van der Waals surface area contributed by atoms with Gasteiger partial charge in [-0.2, -0.15) is 0 Å². The van der Waals surface area contributed by atoms with E-state index in [0.717, 1.165) is 16.6 Å². The number of carboxylic acids is 1. The van der Waals surface area contributed by atoms with Gasteiger partial charge in [-0.15, -0.1) is 12.4 Å². The number of imidazole rings is 1. The molecule has 0 fully saturated rings. The number of nitrogens with two attached hydrogens (primary N) is 1. The van der Waals surface area contributed by atoms with Crippen LogP contribution >= 0.6 is 12.4 Å². The van der Waals surface area contributed by atoms with Crippen molar-refractivity contribution >= 4 is 29.4 Å². The molecular formula is C13H18ClN3O3. The molecular weight excluding hydrogens is 282 g/mol. The lowest BCUT2D eigenvalue weighted by Crippen LogP contribution is -2.46. The van der Waals surface area contributed by atoms with Gasteiger partial charge in [0.2, 0.25) is 0 Å². The number of benzene rings is 1. The summed E-state index contributed by atoms with van der Waals surface area (Å²) in [7, 11) is 3.39. The molecule has 1 aromatic carbocycles. The Bertz CT molecular complexity index is 715. The van der Waals surface area contributed by atoms with Crippen molar-refractivity contribution in [1.82, 2.24) is 9.13 Å². The van der Waals surface area contributed by atoms with Gasteiger partial charge < -0.3 is 10.8 Å². The van der Waals surface area contributed by atoms with Crippen molar-refractivity contribution in [2.24, 2.45) is 19.8 Å². The Labute approximate surface area is 122 Å². The molecule has 20 heavy (non-hydrogen) atoms. The Balaban J connectivity index is 0.00000200. The van der Waals surface area contributed by atoms with Crippen molar-refractivity contribution < 1.29 is 9.90 Å². The lowest BCUT2D eigenvalue weighted by Gasteiger charge is -2.19. The Morgan fingerprint density at radius 3 is 2.40 bits per heavy atom. The molecule has 2 rings (SSSR count). The van der Waals surface area contributed by atoms with Crippen LogP contribution in [0.4, 0.5) is 0 Å². The van der Waals surface area contributed by atoms with Crippen LogP contribution in [-0.4, -0.2) is 25.7 Å². The number of aryl methyl sites for hydroxylation is 2. The van der Waals surface area contributed by atoms with Crippen LogP contribution in [0, 0.1) is 0 Å². The summed E-state index contributed by atoms with van der Waals surface area (Å²) in [6.07, 6.45) is 0.210. The molecule has 1 aromatic heterocycles. The molecule has 0 aliphatic carbocycles. The summed E-state index contributed by atoms with van der Waals surface area (Å²) in [5.74, 6) is -1.05. The van der Waals surface area contributed by atoms with Crippen molar-refractivity contribution in [1.29, 1.82) is 0 Å². The molecule has 7 heteroatoms. The monoisotopic (exact) mass is 299 g/mol. The maximum atomic E-state index is 11.8. The van der Waals surface area contributed by atoms with E-state index in [-0.39, 0.29) is 24.5 Å². The van der Waals surface area contributed by atoms with Gasteiger partial charge in [-0.05, 0) is 24.6 Å². The minimum Gasteiger partial charge on any atom is -0.480 e. The molecule has 1 unspecified atom stereocenters. The molecule has 110 valence electrons. The first-order valence-electron chi connectivity index (χ1n) is 5.90. The predicted molar refractivity (Wildman–Crippen MR) is 79.3 cm³/mol. The number of fused-ring (bicyclic) bond motifs is 1. The van der Waals surface area contributed by atoms with Crippen LogP contribution in [0.5, 0.6) is 0 Å². The van der Waals surface area contributed by atoms with Crippen LogP contribution in [0.2, 0.25) is 0 Å². The first-order chi connectivity index (χ1) is 8.74. The van der Waals surface area contributed by atoms with Crippen molar-refractivity contribution in [3.8, 4) is 0 Å². The normalized spacial score (nSPS) is 13.8. The molecule has 0 amide bonds. The topological polar surface area (TPSA) is 90.3 Å². The van der Waals surface area contributed by atoms with Crippen molar-refractivity contribution in [2.45, 2.75) is 18.9 Å². The van der Waals surface area contributed by atoms with Crippen LogP contribution in [0.1, 0.15) is 12.5 Å². The molecule has 0 bridgehead atoms. The van der Waals surface area contributed by atoms with Gasteiger partial charge >= 0.3 is 11.7 Å². The van der Waals surface area contributed by atoms with Gasteiger partial charge in [0.25, 0.3) is 0 Å². The number of hydrogen-bond donors (Lipinski definition) is 2. The van der Waals surface area contributed by atoms with Gasteiger partial charge in [0.15, 0.2) is 0 Å². The van der Waals surface area contributed by atoms with E-state index in [1.165, 1.54) is 11.5 Å². The lowest BCUT2D eigenvalue weighted by molar-refractivity contribution is -0.142. The summed E-state index contributed by atoms with van der Waals surface area (Å²) in [5.41, 5.74) is 6.68. The zero-order chi connectivity index (χ0) is 14.4. The fourth-order valence-electron chi connectivity index (χ4n) is 2.16. The van der Waals surface area contributed by atoms with Gasteiger partial charge in [-0.1, -0.05) is 6.07 Å². The molecule has 0 radical (unpaired) electrons. The molecule has 0 aliphatic rings. The summed E-state index contributed by atoms with van der Waals surface area (Å²) < 4.78 is 3.09. The third-order valence-electron chi connectivity index (χ3n) is 3.40. The van der Waals surface area contributed by atoms with Crippen LogP contribution in [0.3, 0.4) is 0 Å². The highest BCUT2D eigenvalue weighted by atomic mass is 35.5. The number of aliphatic carboxylic acids is 1. The number of nitrogens with zero attached hydrogens (tertiary/aromatic N) is 2. The quantitative estimate of drug-likeness (QED) is 0.870. The zero-order valence-corrected chi connectivity index (χ0v) is 12.4. The summed E-state index contributed by atoms with van der Waals surface area (Å²) in [4.78, 5) is 22.8. The smallest absolute Gasteiger partial charge is 0.328 e. The largest absolute Gasteiger partial charge is 0.480 e.